The van der Waals surface area contributed by atoms with Crippen LogP contribution in [0, 0.1) is 11.3 Å². The zero-order valence-corrected chi connectivity index (χ0v) is 18.4. The van der Waals surface area contributed by atoms with Crippen molar-refractivity contribution in [2.45, 2.75) is 81.5 Å². The van der Waals surface area contributed by atoms with Crippen molar-refractivity contribution in [2.24, 2.45) is 17.1 Å². The predicted octanol–water partition coefficient (Wildman–Crippen LogP) is 5.80. The minimum atomic E-state index is -0.0826. The van der Waals surface area contributed by atoms with Crippen LogP contribution in [0.15, 0.2) is 60.0 Å². The summed E-state index contributed by atoms with van der Waals surface area (Å²) < 4.78 is 7.26. The summed E-state index contributed by atoms with van der Waals surface area (Å²) in [6.07, 6.45) is 18.2. The SMILES string of the molecule is CC12CC=C3C=C4CC[C@@H](N)C[C@]45CC[C@]3(O5)[C@@H]1CCC2c1ccc2ccncc2c1. The summed E-state index contributed by atoms with van der Waals surface area (Å²) in [6.45, 7) is 2.55. The largest absolute Gasteiger partial charge is 0.359 e. The number of benzene rings is 1. The number of nitrogens with two attached hydrogens (primary N) is 1. The number of fused-ring (bicyclic) bond motifs is 2. The van der Waals surface area contributed by atoms with Gasteiger partial charge in [-0.1, -0.05) is 31.2 Å². The Morgan fingerprint density at radius 3 is 2.97 bits per heavy atom. The van der Waals surface area contributed by atoms with Crippen LogP contribution in [0.1, 0.15) is 69.8 Å². The van der Waals surface area contributed by atoms with Crippen molar-refractivity contribution in [1.29, 1.82) is 0 Å². The Hall–Kier alpha value is -1.97. The Kier molecular flexibility index (Phi) is 3.65. The van der Waals surface area contributed by atoms with Gasteiger partial charge < -0.3 is 10.5 Å². The quantitative estimate of drug-likeness (QED) is 0.643. The number of ether oxygens (including phenoxy) is 1. The van der Waals surface area contributed by atoms with E-state index in [0.717, 1.165) is 32.1 Å². The maximum atomic E-state index is 7.26. The molecule has 1 saturated heterocycles. The second-order valence-electron chi connectivity index (χ2n) is 11.2. The standard InChI is InChI=1S/C28H32N2O/c1-26-10-8-22-15-21-4-5-23(29)16-27(21)11-12-28(22,31-27)25(26)7-6-24(26)19-3-2-18-9-13-30-17-20(18)14-19/h2-3,8-9,13-15,17,23-25H,4-7,10-12,16,29H2,1H3/t23-,24?,25-,26?,27-,28-/m1/s1. The summed E-state index contributed by atoms with van der Waals surface area (Å²) in [5, 5.41) is 2.54. The molecular formula is C28H32N2O. The number of pyridine rings is 1. The van der Waals surface area contributed by atoms with E-state index in [0.29, 0.717) is 11.8 Å². The molecule has 2 unspecified atom stereocenters. The van der Waals surface area contributed by atoms with E-state index in [1.807, 2.05) is 12.4 Å². The minimum absolute atomic E-state index is 0.0695. The number of nitrogens with zero attached hydrogens (tertiary/aromatic N) is 1. The van der Waals surface area contributed by atoms with Gasteiger partial charge in [-0.05, 0) is 103 Å². The zero-order chi connectivity index (χ0) is 20.8. The first-order chi connectivity index (χ1) is 15.0. The molecule has 2 spiro atoms. The summed E-state index contributed by atoms with van der Waals surface area (Å²) in [6, 6.07) is 9.45. The average molecular weight is 413 g/mol. The Morgan fingerprint density at radius 2 is 2.03 bits per heavy atom. The second-order valence-corrected chi connectivity index (χ2v) is 11.2. The number of aromatic nitrogens is 1. The van der Waals surface area contributed by atoms with Gasteiger partial charge in [-0.15, -0.1) is 0 Å². The van der Waals surface area contributed by atoms with Crippen LogP contribution in [0.25, 0.3) is 10.8 Å². The molecule has 3 heteroatoms. The topological polar surface area (TPSA) is 48.1 Å². The first kappa shape index (κ1) is 18.6. The van der Waals surface area contributed by atoms with Crippen LogP contribution in [0.5, 0.6) is 0 Å². The van der Waals surface area contributed by atoms with Crippen LogP contribution in [0.2, 0.25) is 0 Å². The first-order valence-corrected chi connectivity index (χ1v) is 12.2. The maximum Gasteiger partial charge on any atom is 0.0974 e. The summed E-state index contributed by atoms with van der Waals surface area (Å²) in [4.78, 5) is 4.36. The number of hydrogen-bond donors (Lipinski definition) is 1. The van der Waals surface area contributed by atoms with E-state index in [-0.39, 0.29) is 22.7 Å². The van der Waals surface area contributed by atoms with E-state index in [1.54, 1.807) is 0 Å². The van der Waals surface area contributed by atoms with Gasteiger partial charge in [-0.3, -0.25) is 4.98 Å². The van der Waals surface area contributed by atoms with E-state index in [9.17, 15) is 0 Å². The summed E-state index contributed by atoms with van der Waals surface area (Å²) in [5.74, 6) is 1.17. The zero-order valence-electron chi connectivity index (χ0n) is 18.4. The van der Waals surface area contributed by atoms with Gasteiger partial charge in [0.05, 0.1) is 11.2 Å². The van der Waals surface area contributed by atoms with Crippen molar-refractivity contribution in [3.05, 3.63) is 65.5 Å². The first-order valence-electron chi connectivity index (χ1n) is 12.2. The monoisotopic (exact) mass is 412 g/mol. The molecule has 160 valence electrons. The molecule has 1 aromatic carbocycles. The number of rotatable bonds is 1. The van der Waals surface area contributed by atoms with Crippen LogP contribution < -0.4 is 5.73 Å². The molecule has 0 amide bonds. The molecule has 2 bridgehead atoms. The third-order valence-electron chi connectivity index (χ3n) is 9.79. The molecule has 3 heterocycles. The van der Waals surface area contributed by atoms with Gasteiger partial charge in [0, 0.05) is 23.8 Å². The molecule has 1 aromatic heterocycles. The lowest BCUT2D eigenvalue weighted by Gasteiger charge is -2.54. The molecule has 6 atom stereocenters. The van der Waals surface area contributed by atoms with E-state index in [2.05, 4.69) is 48.3 Å². The minimum Gasteiger partial charge on any atom is -0.359 e. The van der Waals surface area contributed by atoms with Gasteiger partial charge in [-0.2, -0.15) is 0 Å². The molecule has 3 fully saturated rings. The summed E-state index contributed by atoms with van der Waals surface area (Å²) >= 11 is 0. The average Bonchev–Trinajstić information content (AvgIpc) is 3.28. The van der Waals surface area contributed by atoms with Crippen molar-refractivity contribution in [3.63, 3.8) is 0 Å². The van der Waals surface area contributed by atoms with Gasteiger partial charge in [-0.25, -0.2) is 0 Å². The molecule has 31 heavy (non-hydrogen) atoms. The molecule has 2 aromatic rings. The van der Waals surface area contributed by atoms with E-state index in [4.69, 9.17) is 10.5 Å². The Labute approximate surface area is 184 Å². The Bertz CT molecular complexity index is 1150. The third kappa shape index (κ3) is 2.34. The number of hydrogen-bond acceptors (Lipinski definition) is 3. The smallest absolute Gasteiger partial charge is 0.0974 e. The fourth-order valence-electron chi connectivity index (χ4n) is 8.31. The van der Waals surface area contributed by atoms with Gasteiger partial charge in [0.15, 0.2) is 0 Å². The Balaban J connectivity index is 1.31. The van der Waals surface area contributed by atoms with Crippen molar-refractivity contribution in [1.82, 2.24) is 4.98 Å². The molecular weight excluding hydrogens is 380 g/mol. The van der Waals surface area contributed by atoms with Crippen LogP contribution >= 0.6 is 0 Å². The number of allylic oxidation sites excluding steroid dienone is 1. The highest BCUT2D eigenvalue weighted by Crippen LogP contribution is 2.69. The maximum absolute atomic E-state index is 7.26. The van der Waals surface area contributed by atoms with Gasteiger partial charge in [0.1, 0.15) is 0 Å². The van der Waals surface area contributed by atoms with Crippen molar-refractivity contribution in [2.75, 3.05) is 0 Å². The lowest BCUT2D eigenvalue weighted by atomic mass is 9.58. The van der Waals surface area contributed by atoms with Gasteiger partial charge in [0.2, 0.25) is 0 Å². The molecule has 2 aliphatic heterocycles. The highest BCUT2D eigenvalue weighted by molar-refractivity contribution is 5.82. The molecule has 5 aliphatic rings. The highest BCUT2D eigenvalue weighted by Gasteiger charge is 2.66. The van der Waals surface area contributed by atoms with E-state index >= 15 is 0 Å². The third-order valence-corrected chi connectivity index (χ3v) is 9.79. The summed E-state index contributed by atoms with van der Waals surface area (Å²) in [7, 11) is 0. The lowest BCUT2D eigenvalue weighted by molar-refractivity contribution is -0.135. The van der Waals surface area contributed by atoms with Crippen molar-refractivity contribution in [3.8, 4) is 0 Å². The van der Waals surface area contributed by atoms with Crippen molar-refractivity contribution >= 4 is 10.8 Å². The molecule has 2 saturated carbocycles. The molecule has 0 radical (unpaired) electrons. The molecule has 3 nitrogen and oxygen atoms in total. The predicted molar refractivity (Wildman–Crippen MR) is 124 cm³/mol. The van der Waals surface area contributed by atoms with Crippen LogP contribution in [0.3, 0.4) is 0 Å². The highest BCUT2D eigenvalue weighted by atomic mass is 16.5. The van der Waals surface area contributed by atoms with Crippen LogP contribution in [0.4, 0.5) is 0 Å². The molecule has 2 N–H and O–H groups in total. The second kappa shape index (κ2) is 6.08. The van der Waals surface area contributed by atoms with Crippen LogP contribution in [-0.4, -0.2) is 22.2 Å². The van der Waals surface area contributed by atoms with Gasteiger partial charge >= 0.3 is 0 Å². The molecule has 3 aliphatic carbocycles. The molecule has 7 rings (SSSR count). The van der Waals surface area contributed by atoms with Crippen molar-refractivity contribution < 1.29 is 4.74 Å². The summed E-state index contributed by atoms with van der Waals surface area (Å²) in [5.41, 5.74) is 11.0. The fourth-order valence-corrected chi connectivity index (χ4v) is 8.31. The van der Waals surface area contributed by atoms with E-state index in [1.165, 1.54) is 46.7 Å². The van der Waals surface area contributed by atoms with Gasteiger partial charge in [0.25, 0.3) is 0 Å². The van der Waals surface area contributed by atoms with Crippen LogP contribution in [-0.2, 0) is 4.74 Å². The fraction of sp³-hybridized carbons (Fsp3) is 0.536. The lowest BCUT2D eigenvalue weighted by Crippen LogP contribution is -2.54. The Morgan fingerprint density at radius 1 is 1.10 bits per heavy atom. The normalized spacial score (nSPS) is 43.1. The van der Waals surface area contributed by atoms with E-state index < -0.39 is 0 Å².